The summed E-state index contributed by atoms with van der Waals surface area (Å²) in [6.07, 6.45) is 2.74. The Morgan fingerprint density at radius 3 is 2.93 bits per heavy atom. The average molecular weight is 382 g/mol. The van der Waals surface area contributed by atoms with Gasteiger partial charge < -0.3 is 25.1 Å². The van der Waals surface area contributed by atoms with E-state index in [0.717, 1.165) is 59.0 Å². The van der Waals surface area contributed by atoms with Crippen LogP contribution in [0.25, 0.3) is 10.9 Å². The second kappa shape index (κ2) is 8.21. The van der Waals surface area contributed by atoms with Crippen LogP contribution in [0.2, 0.25) is 0 Å². The summed E-state index contributed by atoms with van der Waals surface area (Å²) in [5, 5.41) is 7.65. The van der Waals surface area contributed by atoms with Crippen molar-refractivity contribution in [1.82, 2.24) is 15.6 Å². The van der Waals surface area contributed by atoms with Crippen LogP contribution in [-0.2, 0) is 13.0 Å². The van der Waals surface area contributed by atoms with Gasteiger partial charge in [-0.15, -0.1) is 0 Å². The minimum Gasteiger partial charge on any atom is -0.454 e. The zero-order valence-corrected chi connectivity index (χ0v) is 15.7. The molecule has 0 fully saturated rings. The summed E-state index contributed by atoms with van der Waals surface area (Å²) < 4.78 is 24.1. The fourth-order valence-electron chi connectivity index (χ4n) is 3.23. The van der Waals surface area contributed by atoms with Crippen molar-refractivity contribution in [2.45, 2.75) is 19.9 Å². The predicted octanol–water partition coefficient (Wildman–Crippen LogP) is 3.33. The van der Waals surface area contributed by atoms with Gasteiger partial charge in [-0.3, -0.25) is 0 Å². The lowest BCUT2D eigenvalue weighted by Gasteiger charge is -2.11. The van der Waals surface area contributed by atoms with E-state index in [4.69, 9.17) is 9.47 Å². The molecule has 1 aromatic heterocycles. The smallest absolute Gasteiger partial charge is 0.231 e. The Labute approximate surface area is 162 Å². The Balaban J connectivity index is 1.37. The standard InChI is InChI=1S/C21H23FN4O2/c1-2-23-21(26-11-14-3-6-19-20(9-14)28-13-27-19)24-8-7-15-12-25-18-10-16(22)4-5-17(15)18/h3-6,9-10,12,25H,2,7-8,11,13H2,1H3,(H2,23,24,26). The quantitative estimate of drug-likeness (QED) is 0.452. The monoisotopic (exact) mass is 382 g/mol. The molecule has 7 heteroatoms. The summed E-state index contributed by atoms with van der Waals surface area (Å²) in [4.78, 5) is 7.77. The van der Waals surface area contributed by atoms with Crippen molar-refractivity contribution in [2.75, 3.05) is 19.9 Å². The zero-order chi connectivity index (χ0) is 19.3. The third-order valence-electron chi connectivity index (χ3n) is 4.62. The molecule has 2 heterocycles. The number of ether oxygens (including phenoxy) is 2. The molecular formula is C21H23FN4O2. The molecule has 1 aliphatic heterocycles. The van der Waals surface area contributed by atoms with Gasteiger partial charge in [0.2, 0.25) is 6.79 Å². The fraction of sp³-hybridized carbons (Fsp3) is 0.286. The van der Waals surface area contributed by atoms with Crippen molar-refractivity contribution >= 4 is 16.9 Å². The first kappa shape index (κ1) is 18.2. The van der Waals surface area contributed by atoms with Crippen LogP contribution in [0.3, 0.4) is 0 Å². The lowest BCUT2D eigenvalue weighted by Crippen LogP contribution is -2.38. The molecule has 6 nitrogen and oxygen atoms in total. The van der Waals surface area contributed by atoms with Gasteiger partial charge in [0.1, 0.15) is 5.82 Å². The highest BCUT2D eigenvalue weighted by atomic mass is 19.1. The first-order valence-electron chi connectivity index (χ1n) is 9.39. The second-order valence-corrected chi connectivity index (χ2v) is 6.56. The van der Waals surface area contributed by atoms with Crippen LogP contribution < -0.4 is 20.1 Å². The SMILES string of the molecule is CCNC(=NCc1ccc2c(c1)OCO2)NCCc1c[nH]c2cc(F)ccc12. The number of rotatable bonds is 6. The molecule has 146 valence electrons. The molecule has 0 aliphatic carbocycles. The van der Waals surface area contributed by atoms with Crippen LogP contribution in [0.4, 0.5) is 4.39 Å². The van der Waals surface area contributed by atoms with Crippen molar-refractivity contribution in [1.29, 1.82) is 0 Å². The van der Waals surface area contributed by atoms with E-state index >= 15 is 0 Å². The molecule has 1 aliphatic rings. The van der Waals surface area contributed by atoms with Crippen molar-refractivity contribution < 1.29 is 13.9 Å². The molecule has 28 heavy (non-hydrogen) atoms. The van der Waals surface area contributed by atoms with Gasteiger partial charge in [0.25, 0.3) is 0 Å². The Kier molecular flexibility index (Phi) is 5.32. The van der Waals surface area contributed by atoms with Crippen LogP contribution in [0.1, 0.15) is 18.1 Å². The van der Waals surface area contributed by atoms with Gasteiger partial charge in [-0.25, -0.2) is 9.38 Å². The number of hydrogen-bond acceptors (Lipinski definition) is 3. The van der Waals surface area contributed by atoms with E-state index in [1.54, 1.807) is 0 Å². The van der Waals surface area contributed by atoms with Crippen molar-refractivity contribution in [2.24, 2.45) is 4.99 Å². The Hall–Kier alpha value is -3.22. The summed E-state index contributed by atoms with van der Waals surface area (Å²) in [5.74, 6) is 2.06. The number of hydrogen-bond donors (Lipinski definition) is 3. The number of nitrogens with zero attached hydrogens (tertiary/aromatic N) is 1. The molecule has 2 aromatic carbocycles. The van der Waals surface area contributed by atoms with Gasteiger partial charge in [-0.2, -0.15) is 0 Å². The lowest BCUT2D eigenvalue weighted by molar-refractivity contribution is 0.174. The molecule has 0 bridgehead atoms. The third kappa shape index (κ3) is 4.03. The Morgan fingerprint density at radius 1 is 1.14 bits per heavy atom. The minimum absolute atomic E-state index is 0.232. The number of nitrogens with one attached hydrogen (secondary N) is 3. The van der Waals surface area contributed by atoms with Crippen LogP contribution in [-0.4, -0.2) is 30.8 Å². The van der Waals surface area contributed by atoms with Crippen LogP contribution in [0.15, 0.2) is 47.6 Å². The third-order valence-corrected chi connectivity index (χ3v) is 4.62. The first-order valence-corrected chi connectivity index (χ1v) is 9.39. The van der Waals surface area contributed by atoms with Crippen LogP contribution in [0, 0.1) is 5.82 Å². The largest absolute Gasteiger partial charge is 0.454 e. The number of fused-ring (bicyclic) bond motifs is 2. The molecule has 0 spiro atoms. The van der Waals surface area contributed by atoms with Crippen molar-refractivity contribution in [3.05, 3.63) is 59.5 Å². The highest BCUT2D eigenvalue weighted by Crippen LogP contribution is 2.32. The summed E-state index contributed by atoms with van der Waals surface area (Å²) in [7, 11) is 0. The van der Waals surface area contributed by atoms with E-state index in [1.165, 1.54) is 12.1 Å². The van der Waals surface area contributed by atoms with Crippen LogP contribution >= 0.6 is 0 Å². The number of aromatic nitrogens is 1. The van der Waals surface area contributed by atoms with Gasteiger partial charge in [-0.05, 0) is 54.8 Å². The molecule has 0 atom stereocenters. The average Bonchev–Trinajstić information content (AvgIpc) is 3.32. The molecule has 0 amide bonds. The molecule has 3 aromatic rings. The lowest BCUT2D eigenvalue weighted by atomic mass is 10.1. The first-order chi connectivity index (χ1) is 13.7. The highest BCUT2D eigenvalue weighted by Gasteiger charge is 2.13. The fourth-order valence-corrected chi connectivity index (χ4v) is 3.23. The number of aliphatic imine (C=N–C) groups is 1. The van der Waals surface area contributed by atoms with E-state index in [2.05, 4.69) is 20.6 Å². The number of halogens is 1. The number of aromatic amines is 1. The predicted molar refractivity (Wildman–Crippen MR) is 107 cm³/mol. The van der Waals surface area contributed by atoms with Gasteiger partial charge in [0.15, 0.2) is 17.5 Å². The summed E-state index contributed by atoms with van der Waals surface area (Å²) in [6, 6.07) is 10.7. The minimum atomic E-state index is -0.232. The number of guanidine groups is 1. The maximum Gasteiger partial charge on any atom is 0.231 e. The maximum atomic E-state index is 13.3. The second-order valence-electron chi connectivity index (χ2n) is 6.56. The Bertz CT molecular complexity index is 999. The molecule has 0 unspecified atom stereocenters. The van der Waals surface area contributed by atoms with Gasteiger partial charge >= 0.3 is 0 Å². The van der Waals surface area contributed by atoms with Gasteiger partial charge in [-0.1, -0.05) is 6.07 Å². The maximum absolute atomic E-state index is 13.3. The molecule has 0 saturated heterocycles. The van der Waals surface area contributed by atoms with E-state index < -0.39 is 0 Å². The molecule has 0 saturated carbocycles. The number of H-pyrrole nitrogens is 1. The molecule has 3 N–H and O–H groups in total. The van der Waals surface area contributed by atoms with E-state index in [1.807, 2.05) is 37.4 Å². The van der Waals surface area contributed by atoms with E-state index in [-0.39, 0.29) is 12.6 Å². The number of benzene rings is 2. The summed E-state index contributed by atoms with van der Waals surface area (Å²) >= 11 is 0. The van der Waals surface area contributed by atoms with Crippen molar-refractivity contribution in [3.8, 4) is 11.5 Å². The highest BCUT2D eigenvalue weighted by molar-refractivity contribution is 5.83. The van der Waals surface area contributed by atoms with Gasteiger partial charge in [0, 0.05) is 30.2 Å². The van der Waals surface area contributed by atoms with E-state index in [9.17, 15) is 4.39 Å². The van der Waals surface area contributed by atoms with Crippen LogP contribution in [0.5, 0.6) is 11.5 Å². The summed E-state index contributed by atoms with van der Waals surface area (Å²) in [5.41, 5.74) is 3.02. The van der Waals surface area contributed by atoms with E-state index in [0.29, 0.717) is 6.54 Å². The molecule has 4 rings (SSSR count). The Morgan fingerprint density at radius 2 is 2.04 bits per heavy atom. The molecule has 0 radical (unpaired) electrons. The topological polar surface area (TPSA) is 70.7 Å². The zero-order valence-electron chi connectivity index (χ0n) is 15.7. The normalized spacial score (nSPS) is 13.1. The van der Waals surface area contributed by atoms with Crippen molar-refractivity contribution in [3.63, 3.8) is 0 Å². The van der Waals surface area contributed by atoms with Gasteiger partial charge in [0.05, 0.1) is 6.54 Å². The molecular weight excluding hydrogens is 359 g/mol. The summed E-state index contributed by atoms with van der Waals surface area (Å²) in [6.45, 7) is 4.34.